The molecule has 17 heavy (non-hydrogen) atoms. The number of carbonyl (C=O) groups excluding carboxylic acids is 1. The summed E-state index contributed by atoms with van der Waals surface area (Å²) in [7, 11) is 0. The predicted molar refractivity (Wildman–Crippen MR) is 71.7 cm³/mol. The van der Waals surface area contributed by atoms with E-state index >= 15 is 0 Å². The number of nitrogens with one attached hydrogen (secondary N) is 1. The molecule has 100 valence electrons. The zero-order valence-electron chi connectivity index (χ0n) is 11.6. The van der Waals surface area contributed by atoms with Crippen LogP contribution in [0.4, 0.5) is 0 Å². The zero-order valence-corrected chi connectivity index (χ0v) is 11.6. The minimum absolute atomic E-state index is 0.0267. The molecule has 1 rings (SSSR count). The first kappa shape index (κ1) is 14.5. The van der Waals surface area contributed by atoms with Crippen molar-refractivity contribution in [3.8, 4) is 0 Å². The van der Waals surface area contributed by atoms with Gasteiger partial charge in [-0.05, 0) is 33.1 Å². The lowest BCUT2D eigenvalue weighted by atomic mass is 9.86. The smallest absolute Gasteiger partial charge is 0.220 e. The van der Waals surface area contributed by atoms with Crippen LogP contribution in [-0.2, 0) is 4.79 Å². The summed E-state index contributed by atoms with van der Waals surface area (Å²) in [5, 5.41) is 3.03. The number of nitrogens with two attached hydrogens (primary N) is 1. The third-order valence-corrected chi connectivity index (χ3v) is 4.10. The van der Waals surface area contributed by atoms with Gasteiger partial charge in [0, 0.05) is 18.0 Å². The maximum absolute atomic E-state index is 11.8. The minimum Gasteiger partial charge on any atom is -0.350 e. The zero-order chi connectivity index (χ0) is 12.9. The second kappa shape index (κ2) is 6.39. The van der Waals surface area contributed by atoms with Crippen molar-refractivity contribution in [3.05, 3.63) is 0 Å². The van der Waals surface area contributed by atoms with Crippen molar-refractivity contribution >= 4 is 5.91 Å². The molecule has 1 unspecified atom stereocenters. The molecule has 0 saturated heterocycles. The summed E-state index contributed by atoms with van der Waals surface area (Å²) in [6, 6.07) is -0.0267. The Balaban J connectivity index is 2.25. The van der Waals surface area contributed by atoms with Crippen molar-refractivity contribution in [2.75, 3.05) is 0 Å². The van der Waals surface area contributed by atoms with Crippen molar-refractivity contribution in [2.24, 2.45) is 11.7 Å². The minimum atomic E-state index is -0.302. The van der Waals surface area contributed by atoms with Gasteiger partial charge in [0.25, 0.3) is 0 Å². The Hall–Kier alpha value is -0.570. The molecule has 0 aromatic heterocycles. The third kappa shape index (κ3) is 5.07. The third-order valence-electron chi connectivity index (χ3n) is 4.10. The molecule has 0 bridgehead atoms. The summed E-state index contributed by atoms with van der Waals surface area (Å²) in [5.74, 6) is 0.922. The first-order chi connectivity index (χ1) is 7.92. The van der Waals surface area contributed by atoms with Crippen molar-refractivity contribution in [3.63, 3.8) is 0 Å². The fourth-order valence-corrected chi connectivity index (χ4v) is 2.35. The molecule has 0 aromatic rings. The van der Waals surface area contributed by atoms with Crippen LogP contribution in [-0.4, -0.2) is 17.5 Å². The molecule has 1 atom stereocenters. The van der Waals surface area contributed by atoms with E-state index in [2.05, 4.69) is 5.32 Å². The normalized spacial score (nSPS) is 20.0. The Morgan fingerprint density at radius 1 is 1.35 bits per heavy atom. The highest BCUT2D eigenvalue weighted by molar-refractivity contribution is 5.76. The van der Waals surface area contributed by atoms with Gasteiger partial charge in [-0.25, -0.2) is 0 Å². The van der Waals surface area contributed by atoms with Gasteiger partial charge in [0.15, 0.2) is 0 Å². The van der Waals surface area contributed by atoms with E-state index in [9.17, 15) is 4.79 Å². The molecule has 0 spiro atoms. The first-order valence-corrected chi connectivity index (χ1v) is 6.98. The van der Waals surface area contributed by atoms with Gasteiger partial charge in [0.05, 0.1) is 0 Å². The molecular formula is C14H28N2O. The summed E-state index contributed by atoms with van der Waals surface area (Å²) < 4.78 is 0. The summed E-state index contributed by atoms with van der Waals surface area (Å²) in [6.07, 6.45) is 8.38. The number of carbonyl (C=O) groups is 1. The molecule has 0 aliphatic heterocycles. The van der Waals surface area contributed by atoms with Gasteiger partial charge in [0.1, 0.15) is 0 Å². The molecule has 1 amide bonds. The number of hydrogen-bond acceptors (Lipinski definition) is 2. The highest BCUT2D eigenvalue weighted by atomic mass is 16.1. The molecular weight excluding hydrogens is 212 g/mol. The van der Waals surface area contributed by atoms with Crippen molar-refractivity contribution in [2.45, 2.75) is 77.3 Å². The standard InChI is InChI=1S/C14H28N2O/c1-11(15)14(2,3)16-13(17)10-9-12-7-5-4-6-8-12/h11-12H,4-10,15H2,1-3H3,(H,16,17). The summed E-state index contributed by atoms with van der Waals surface area (Å²) in [5.41, 5.74) is 5.54. The van der Waals surface area contributed by atoms with E-state index in [-0.39, 0.29) is 17.5 Å². The molecule has 0 heterocycles. The molecule has 0 radical (unpaired) electrons. The molecule has 3 heteroatoms. The largest absolute Gasteiger partial charge is 0.350 e. The van der Waals surface area contributed by atoms with E-state index in [1.54, 1.807) is 0 Å². The Bertz CT molecular complexity index is 243. The van der Waals surface area contributed by atoms with E-state index in [4.69, 9.17) is 5.73 Å². The van der Waals surface area contributed by atoms with Crippen LogP contribution in [0.15, 0.2) is 0 Å². The molecule has 1 aliphatic rings. The van der Waals surface area contributed by atoms with Crippen LogP contribution in [0.2, 0.25) is 0 Å². The van der Waals surface area contributed by atoms with Gasteiger partial charge in [-0.15, -0.1) is 0 Å². The van der Waals surface area contributed by atoms with E-state index in [1.807, 2.05) is 20.8 Å². The Kier molecular flexibility index (Phi) is 5.44. The van der Waals surface area contributed by atoms with Crippen LogP contribution >= 0.6 is 0 Å². The maximum atomic E-state index is 11.8. The molecule has 3 nitrogen and oxygen atoms in total. The average molecular weight is 240 g/mol. The maximum Gasteiger partial charge on any atom is 0.220 e. The van der Waals surface area contributed by atoms with E-state index in [0.717, 1.165) is 12.3 Å². The summed E-state index contributed by atoms with van der Waals surface area (Å²) in [4.78, 5) is 11.8. The van der Waals surface area contributed by atoms with Crippen LogP contribution in [0.25, 0.3) is 0 Å². The number of rotatable bonds is 5. The highest BCUT2D eigenvalue weighted by Crippen LogP contribution is 2.27. The Morgan fingerprint density at radius 2 is 1.94 bits per heavy atom. The van der Waals surface area contributed by atoms with Crippen molar-refractivity contribution in [1.82, 2.24) is 5.32 Å². The molecule has 1 fully saturated rings. The monoisotopic (exact) mass is 240 g/mol. The van der Waals surface area contributed by atoms with E-state index < -0.39 is 0 Å². The fraction of sp³-hybridized carbons (Fsp3) is 0.929. The highest BCUT2D eigenvalue weighted by Gasteiger charge is 2.25. The topological polar surface area (TPSA) is 55.1 Å². The SMILES string of the molecule is CC(N)C(C)(C)NC(=O)CCC1CCCCC1. The molecule has 1 aliphatic carbocycles. The molecule has 1 saturated carbocycles. The van der Waals surface area contributed by atoms with Gasteiger partial charge in [0.2, 0.25) is 5.91 Å². The quantitative estimate of drug-likeness (QED) is 0.776. The van der Waals surface area contributed by atoms with Crippen LogP contribution in [0.1, 0.15) is 65.7 Å². The van der Waals surface area contributed by atoms with Crippen molar-refractivity contribution < 1.29 is 4.79 Å². The lowest BCUT2D eigenvalue weighted by Crippen LogP contribution is -2.54. The van der Waals surface area contributed by atoms with Gasteiger partial charge >= 0.3 is 0 Å². The molecule has 3 N–H and O–H groups in total. The van der Waals surface area contributed by atoms with Gasteiger partial charge in [-0.3, -0.25) is 4.79 Å². The number of amides is 1. The van der Waals surface area contributed by atoms with Gasteiger partial charge in [-0.1, -0.05) is 32.1 Å². The second-order valence-corrected chi connectivity index (χ2v) is 6.10. The van der Waals surface area contributed by atoms with Crippen LogP contribution < -0.4 is 11.1 Å². The first-order valence-electron chi connectivity index (χ1n) is 6.98. The lowest BCUT2D eigenvalue weighted by molar-refractivity contribution is -0.123. The Morgan fingerprint density at radius 3 is 2.47 bits per heavy atom. The van der Waals surface area contributed by atoms with Gasteiger partial charge < -0.3 is 11.1 Å². The summed E-state index contributed by atoms with van der Waals surface area (Å²) >= 11 is 0. The van der Waals surface area contributed by atoms with Gasteiger partial charge in [-0.2, -0.15) is 0 Å². The van der Waals surface area contributed by atoms with E-state index in [0.29, 0.717) is 6.42 Å². The summed E-state index contributed by atoms with van der Waals surface area (Å²) in [6.45, 7) is 5.90. The van der Waals surface area contributed by atoms with E-state index in [1.165, 1.54) is 32.1 Å². The average Bonchev–Trinajstić information content (AvgIpc) is 2.27. The lowest BCUT2D eigenvalue weighted by Gasteiger charge is -2.30. The van der Waals surface area contributed by atoms with Crippen molar-refractivity contribution in [1.29, 1.82) is 0 Å². The fourth-order valence-electron chi connectivity index (χ4n) is 2.35. The second-order valence-electron chi connectivity index (χ2n) is 6.10. The van der Waals surface area contributed by atoms with Crippen LogP contribution in [0, 0.1) is 5.92 Å². The Labute approximate surface area is 106 Å². The van der Waals surface area contributed by atoms with Crippen LogP contribution in [0.3, 0.4) is 0 Å². The predicted octanol–water partition coefficient (Wildman–Crippen LogP) is 2.59. The molecule has 0 aromatic carbocycles. The van der Waals surface area contributed by atoms with Crippen LogP contribution in [0.5, 0.6) is 0 Å². The number of hydrogen-bond donors (Lipinski definition) is 2.